The van der Waals surface area contributed by atoms with E-state index in [1.807, 2.05) is 59.6 Å². The molecule has 1 aliphatic carbocycles. The number of rotatable bonds is 7. The van der Waals surface area contributed by atoms with E-state index in [4.69, 9.17) is 11.6 Å². The Morgan fingerprint density at radius 1 is 1.02 bits per heavy atom. The van der Waals surface area contributed by atoms with Gasteiger partial charge in [-0.1, -0.05) is 54.6 Å². The third-order valence-corrected chi connectivity index (χ3v) is 10.8. The van der Waals surface area contributed by atoms with Crippen molar-refractivity contribution in [2.24, 2.45) is 0 Å². The molecule has 40 heavy (non-hydrogen) atoms. The molecule has 0 aromatic heterocycles. The highest BCUT2D eigenvalue weighted by atomic mass is 35.5. The number of anilines is 1. The lowest BCUT2D eigenvalue weighted by atomic mass is 9.95. The lowest BCUT2D eigenvalue weighted by Gasteiger charge is -2.36. The number of benzene rings is 3. The highest BCUT2D eigenvalue weighted by Crippen LogP contribution is 2.39. The number of hydrazine groups is 1. The van der Waals surface area contributed by atoms with Crippen LogP contribution in [-0.4, -0.2) is 32.8 Å². The van der Waals surface area contributed by atoms with Crippen LogP contribution in [0.25, 0.3) is 0 Å². The van der Waals surface area contributed by atoms with E-state index in [0.717, 1.165) is 53.2 Å². The molecule has 3 aliphatic rings. The first-order chi connectivity index (χ1) is 19.2. The molecule has 0 saturated heterocycles. The Morgan fingerprint density at radius 3 is 2.42 bits per heavy atom. The van der Waals surface area contributed by atoms with Crippen molar-refractivity contribution in [3.05, 3.63) is 118 Å². The Hall–Kier alpha value is -3.32. The van der Waals surface area contributed by atoms with Crippen LogP contribution in [0.4, 0.5) is 5.69 Å². The van der Waals surface area contributed by atoms with Crippen molar-refractivity contribution in [1.29, 1.82) is 0 Å². The number of carbonyl (C=O) groups excluding carboxylic acids is 1. The average Bonchev–Trinajstić information content (AvgIpc) is 3.55. The molecule has 0 fully saturated rings. The minimum atomic E-state index is -2.93. The van der Waals surface area contributed by atoms with Crippen LogP contribution < -0.4 is 10.4 Å². The number of carbonyl (C=O) groups is 1. The fourth-order valence-corrected chi connectivity index (χ4v) is 8.30. The summed E-state index contributed by atoms with van der Waals surface area (Å²) < 4.78 is 16.1. The van der Waals surface area contributed by atoms with Gasteiger partial charge in [-0.15, -0.1) is 0 Å². The molecule has 0 radical (unpaired) electrons. The largest absolute Gasteiger partial charge is 0.298 e. The van der Waals surface area contributed by atoms with Crippen molar-refractivity contribution in [3.63, 3.8) is 0 Å². The average molecular weight is 572 g/mol. The van der Waals surface area contributed by atoms with Crippen LogP contribution >= 0.6 is 11.6 Å². The highest BCUT2D eigenvalue weighted by molar-refractivity contribution is 7.98. The topological polar surface area (TPSA) is 52.7 Å². The second-order valence-corrected chi connectivity index (χ2v) is 13.5. The molecule has 206 valence electrons. The second kappa shape index (κ2) is 10.6. The molecule has 0 amide bonds. The number of nitrogens with zero attached hydrogens (tertiary/aromatic N) is 2. The van der Waals surface area contributed by atoms with Gasteiger partial charge in [0.25, 0.3) is 0 Å². The van der Waals surface area contributed by atoms with Gasteiger partial charge in [0.05, 0.1) is 21.1 Å². The maximum absolute atomic E-state index is 14.3. The molecule has 0 spiro atoms. The van der Waals surface area contributed by atoms with E-state index in [0.29, 0.717) is 23.6 Å². The maximum atomic E-state index is 14.3. The molecule has 2 atom stereocenters. The SMILES string of the molecule is C=C1C2=C(CCN(S(=C)(=O)c3ccc(CCc4cc5c(cc4Cl)CCC5)cc3)C2C(C)=O)NN1c1ccccc1. The van der Waals surface area contributed by atoms with Gasteiger partial charge in [-0.2, -0.15) is 0 Å². The number of hydrogen-bond acceptors (Lipinski definition) is 4. The van der Waals surface area contributed by atoms with Crippen LogP contribution in [0.2, 0.25) is 5.02 Å². The standard InChI is InChI=1S/C33H34ClN3O2S/c1-22-32-31(35-37(22)28-10-5-4-6-11-28)18-19-36(33(32)23(2)38)40(3,39)29-16-13-24(14-17-29)12-15-27-20-25-8-7-9-26(25)21-30(27)34/h4-6,10-11,13-14,16-17,20-21,33,35H,1,3,7-9,12,15,18-19H2,2H3. The summed E-state index contributed by atoms with van der Waals surface area (Å²) in [6.45, 7) is 6.31. The Balaban J connectivity index is 1.20. The number of para-hydroxylation sites is 1. The molecule has 3 aromatic carbocycles. The van der Waals surface area contributed by atoms with Crippen molar-refractivity contribution in [3.8, 4) is 0 Å². The van der Waals surface area contributed by atoms with Gasteiger partial charge in [0.15, 0.2) is 5.78 Å². The Morgan fingerprint density at radius 2 is 1.73 bits per heavy atom. The summed E-state index contributed by atoms with van der Waals surface area (Å²) >= 11 is 6.58. The van der Waals surface area contributed by atoms with Gasteiger partial charge in [-0.3, -0.25) is 15.2 Å². The monoisotopic (exact) mass is 571 g/mol. The van der Waals surface area contributed by atoms with Crippen LogP contribution in [0, 0.1) is 0 Å². The summed E-state index contributed by atoms with van der Waals surface area (Å²) in [5, 5.41) is 2.75. The summed E-state index contributed by atoms with van der Waals surface area (Å²) in [4.78, 5) is 13.7. The van der Waals surface area contributed by atoms with Crippen LogP contribution in [0.15, 0.2) is 95.2 Å². The molecule has 7 heteroatoms. The molecular formula is C33H34ClN3O2S. The lowest BCUT2D eigenvalue weighted by molar-refractivity contribution is -0.119. The summed E-state index contributed by atoms with van der Waals surface area (Å²) in [6, 6.07) is 21.4. The number of fused-ring (bicyclic) bond motifs is 1. The molecule has 2 heterocycles. The van der Waals surface area contributed by atoms with Gasteiger partial charge in [-0.25, -0.2) is 8.51 Å². The molecule has 1 N–H and O–H groups in total. The highest BCUT2D eigenvalue weighted by Gasteiger charge is 2.43. The lowest BCUT2D eigenvalue weighted by Crippen LogP contribution is -2.48. The Kier molecular flexibility index (Phi) is 7.11. The summed E-state index contributed by atoms with van der Waals surface area (Å²) in [5.74, 6) is 4.10. The smallest absolute Gasteiger partial charge is 0.152 e. The van der Waals surface area contributed by atoms with E-state index in [2.05, 4.69) is 30.0 Å². The van der Waals surface area contributed by atoms with Crippen LogP contribution in [0.5, 0.6) is 0 Å². The number of Topliss-reactive ketones (excluding diaryl/α,β-unsaturated/α-hetero) is 1. The fraction of sp³-hybridized carbons (Fsp3) is 0.273. The Bertz CT molecular complexity index is 1630. The Labute approximate surface area is 242 Å². The van der Waals surface area contributed by atoms with Crippen LogP contribution in [0.1, 0.15) is 42.0 Å². The van der Waals surface area contributed by atoms with Crippen molar-refractivity contribution in [2.75, 3.05) is 11.6 Å². The van der Waals surface area contributed by atoms with Crippen molar-refractivity contribution >= 4 is 38.6 Å². The first-order valence-electron chi connectivity index (χ1n) is 13.8. The van der Waals surface area contributed by atoms with Gasteiger partial charge >= 0.3 is 0 Å². The summed E-state index contributed by atoms with van der Waals surface area (Å²) in [5.41, 5.74) is 11.9. The molecular weight excluding hydrogens is 538 g/mol. The zero-order chi connectivity index (χ0) is 28.0. The zero-order valence-corrected chi connectivity index (χ0v) is 24.4. The van der Waals surface area contributed by atoms with E-state index in [-0.39, 0.29) is 5.78 Å². The molecule has 2 aliphatic heterocycles. The number of nitrogens with one attached hydrogen (secondary N) is 1. The summed E-state index contributed by atoms with van der Waals surface area (Å²) in [6.07, 6.45) is 5.78. The molecule has 0 bridgehead atoms. The quantitative estimate of drug-likeness (QED) is 0.350. The molecule has 0 saturated carbocycles. The van der Waals surface area contributed by atoms with Gasteiger partial charge in [0, 0.05) is 34.2 Å². The number of ketones is 1. The number of aryl methyl sites for hydroxylation is 4. The van der Waals surface area contributed by atoms with Gasteiger partial charge in [-0.05, 0) is 97.5 Å². The van der Waals surface area contributed by atoms with Crippen molar-refractivity contribution < 1.29 is 9.00 Å². The minimum Gasteiger partial charge on any atom is -0.298 e. The maximum Gasteiger partial charge on any atom is 0.152 e. The number of halogens is 1. The summed E-state index contributed by atoms with van der Waals surface area (Å²) in [7, 11) is -2.93. The second-order valence-electron chi connectivity index (χ2n) is 10.9. The molecule has 3 aromatic rings. The third-order valence-electron chi connectivity index (χ3n) is 8.31. The third kappa shape index (κ3) is 4.78. The van der Waals surface area contributed by atoms with Gasteiger partial charge in [0.1, 0.15) is 6.04 Å². The predicted molar refractivity (Wildman–Crippen MR) is 165 cm³/mol. The van der Waals surface area contributed by atoms with Crippen molar-refractivity contribution in [2.45, 2.75) is 56.4 Å². The van der Waals surface area contributed by atoms with Crippen LogP contribution in [-0.2, 0) is 40.2 Å². The van der Waals surface area contributed by atoms with E-state index in [1.165, 1.54) is 23.1 Å². The number of hydrogen-bond donors (Lipinski definition) is 1. The molecule has 5 nitrogen and oxygen atoms in total. The van der Waals surface area contributed by atoms with Gasteiger partial charge < -0.3 is 0 Å². The molecule has 2 unspecified atom stereocenters. The minimum absolute atomic E-state index is 0.0794. The fourth-order valence-electron chi connectivity index (χ4n) is 6.21. The van der Waals surface area contributed by atoms with E-state index < -0.39 is 15.7 Å². The normalized spacial score (nSPS) is 20.2. The van der Waals surface area contributed by atoms with Gasteiger partial charge in [0.2, 0.25) is 0 Å². The predicted octanol–water partition coefficient (Wildman–Crippen LogP) is 6.06. The first kappa shape index (κ1) is 26.9. The molecule has 6 rings (SSSR count). The zero-order valence-electron chi connectivity index (χ0n) is 22.8. The van der Waals surface area contributed by atoms with Crippen LogP contribution in [0.3, 0.4) is 0 Å². The van der Waals surface area contributed by atoms with E-state index >= 15 is 0 Å². The van der Waals surface area contributed by atoms with E-state index in [9.17, 15) is 9.00 Å². The van der Waals surface area contributed by atoms with Crippen molar-refractivity contribution in [1.82, 2.24) is 9.73 Å². The first-order valence-corrected chi connectivity index (χ1v) is 15.9. The van der Waals surface area contributed by atoms with E-state index in [1.54, 1.807) is 11.2 Å².